The highest BCUT2D eigenvalue weighted by Crippen LogP contribution is 2.25. The number of primary amides is 1. The fourth-order valence-corrected chi connectivity index (χ4v) is 3.70. The molecule has 0 aliphatic rings. The molecule has 2 heterocycles. The molecule has 0 radical (unpaired) electrons. The number of carbonyl (C=O) groups excluding carboxylic acids is 3. The number of hydrogen-bond donors (Lipinski definition) is 2. The van der Waals surface area contributed by atoms with Gasteiger partial charge in [-0.15, -0.1) is 11.3 Å². The minimum Gasteiger partial charge on any atom is -0.462 e. The molecule has 0 aromatic carbocycles. The summed E-state index contributed by atoms with van der Waals surface area (Å²) in [7, 11) is 0. The van der Waals surface area contributed by atoms with Crippen LogP contribution in [0.2, 0.25) is 0 Å². The van der Waals surface area contributed by atoms with Crippen LogP contribution in [0.25, 0.3) is 0 Å². The summed E-state index contributed by atoms with van der Waals surface area (Å²) in [5.74, 6) is -1.58. The van der Waals surface area contributed by atoms with Crippen molar-refractivity contribution in [1.82, 2.24) is 4.98 Å². The van der Waals surface area contributed by atoms with E-state index in [2.05, 4.69) is 10.3 Å². The van der Waals surface area contributed by atoms with E-state index in [0.29, 0.717) is 15.7 Å². The normalized spacial score (nSPS) is 10.1. The summed E-state index contributed by atoms with van der Waals surface area (Å²) >= 11 is 2.24. The second-order valence-corrected chi connectivity index (χ2v) is 7.05. The first-order valence-corrected chi connectivity index (χ1v) is 9.62. The second-order valence-electron chi connectivity index (χ2n) is 5.17. The molecule has 0 fully saturated rings. The van der Waals surface area contributed by atoms with Crippen LogP contribution < -0.4 is 11.1 Å². The number of nitrogens with one attached hydrogen (secondary N) is 1. The van der Waals surface area contributed by atoms with Gasteiger partial charge in [0.1, 0.15) is 16.1 Å². The van der Waals surface area contributed by atoms with Crippen LogP contribution in [-0.2, 0) is 9.53 Å². The Morgan fingerprint density at radius 1 is 1.41 bits per heavy atom. The number of nitrogens with two attached hydrogens (primary N) is 1. The summed E-state index contributed by atoms with van der Waals surface area (Å²) in [6.07, 6.45) is 0. The highest BCUT2D eigenvalue weighted by atomic mass is 32.2. The first kappa shape index (κ1) is 20.4. The van der Waals surface area contributed by atoms with Crippen LogP contribution in [0.5, 0.6) is 0 Å². The lowest BCUT2D eigenvalue weighted by Gasteiger charge is -2.09. The van der Waals surface area contributed by atoms with Crippen molar-refractivity contribution in [3.8, 4) is 6.07 Å². The van der Waals surface area contributed by atoms with Gasteiger partial charge in [0.2, 0.25) is 5.91 Å². The lowest BCUT2D eigenvalue weighted by atomic mass is 10.1. The minimum atomic E-state index is -0.627. The number of nitrogens with zero attached hydrogens (tertiary/aromatic N) is 2. The van der Waals surface area contributed by atoms with E-state index in [0.717, 1.165) is 11.8 Å². The van der Waals surface area contributed by atoms with Crippen LogP contribution in [-0.4, -0.2) is 35.1 Å². The van der Waals surface area contributed by atoms with E-state index in [1.807, 2.05) is 6.07 Å². The molecule has 2 rings (SSSR count). The number of aryl methyl sites for hydroxylation is 1. The maximum Gasteiger partial charge on any atom is 0.340 e. The number of esters is 1. The number of pyridine rings is 1. The monoisotopic (exact) mass is 404 g/mol. The third-order valence-corrected chi connectivity index (χ3v) is 5.14. The molecule has 3 N–H and O–H groups in total. The number of anilines is 1. The number of amides is 2. The van der Waals surface area contributed by atoms with Crippen molar-refractivity contribution < 1.29 is 19.1 Å². The fraction of sp³-hybridized carbons (Fsp3) is 0.235. The number of thioether (sulfide) groups is 1. The van der Waals surface area contributed by atoms with Crippen molar-refractivity contribution >= 4 is 45.9 Å². The van der Waals surface area contributed by atoms with Gasteiger partial charge in [0.25, 0.3) is 5.91 Å². The SMILES string of the molecule is CCOC(=O)c1cc(C#N)c(SCC(=O)Nc2sccc2C(N)=O)nc1C. The molecule has 0 unspecified atom stereocenters. The zero-order chi connectivity index (χ0) is 20.0. The zero-order valence-corrected chi connectivity index (χ0v) is 16.2. The van der Waals surface area contributed by atoms with Gasteiger partial charge in [-0.25, -0.2) is 9.78 Å². The average molecular weight is 404 g/mol. The Bertz CT molecular complexity index is 934. The number of aromatic nitrogens is 1. The van der Waals surface area contributed by atoms with Gasteiger partial charge in [0.15, 0.2) is 0 Å². The van der Waals surface area contributed by atoms with Crippen molar-refractivity contribution in [2.45, 2.75) is 18.9 Å². The van der Waals surface area contributed by atoms with Gasteiger partial charge in [0, 0.05) is 0 Å². The third kappa shape index (κ3) is 5.06. The van der Waals surface area contributed by atoms with Gasteiger partial charge in [-0.05, 0) is 31.4 Å². The van der Waals surface area contributed by atoms with Crippen LogP contribution in [0.3, 0.4) is 0 Å². The molecule has 2 aromatic rings. The predicted octanol–water partition coefficient (Wildman–Crippen LogP) is 2.33. The predicted molar refractivity (Wildman–Crippen MR) is 102 cm³/mol. The summed E-state index contributed by atoms with van der Waals surface area (Å²) in [4.78, 5) is 39.6. The van der Waals surface area contributed by atoms with E-state index in [1.54, 1.807) is 19.2 Å². The van der Waals surface area contributed by atoms with E-state index < -0.39 is 11.9 Å². The highest BCUT2D eigenvalue weighted by molar-refractivity contribution is 8.00. The van der Waals surface area contributed by atoms with Crippen LogP contribution in [0, 0.1) is 18.3 Å². The topological polar surface area (TPSA) is 135 Å². The third-order valence-electron chi connectivity index (χ3n) is 3.32. The molecule has 0 saturated heterocycles. The number of carbonyl (C=O) groups is 3. The Morgan fingerprint density at radius 3 is 2.78 bits per heavy atom. The standard InChI is InChI=1S/C17H16N4O4S2/c1-3-25-17(24)12-6-10(7-18)15(20-9(12)2)27-8-13(22)21-16-11(14(19)23)4-5-26-16/h4-6H,3,8H2,1-2H3,(H2,19,23)(H,21,22). The smallest absolute Gasteiger partial charge is 0.340 e. The van der Waals surface area contributed by atoms with Gasteiger partial charge in [-0.2, -0.15) is 5.26 Å². The van der Waals surface area contributed by atoms with Crippen molar-refractivity contribution in [2.75, 3.05) is 17.7 Å². The Balaban J connectivity index is 2.11. The Hall–Kier alpha value is -2.90. The van der Waals surface area contributed by atoms with Gasteiger partial charge in [-0.3, -0.25) is 9.59 Å². The quantitative estimate of drug-likeness (QED) is 0.534. The van der Waals surface area contributed by atoms with E-state index in [-0.39, 0.29) is 35.0 Å². The lowest BCUT2D eigenvalue weighted by molar-refractivity contribution is -0.113. The molecular formula is C17H16N4O4S2. The molecule has 2 amide bonds. The van der Waals surface area contributed by atoms with Gasteiger partial charge < -0.3 is 15.8 Å². The van der Waals surface area contributed by atoms with E-state index in [4.69, 9.17) is 10.5 Å². The molecule has 10 heteroatoms. The summed E-state index contributed by atoms with van der Waals surface area (Å²) < 4.78 is 4.94. The highest BCUT2D eigenvalue weighted by Gasteiger charge is 2.18. The Morgan fingerprint density at radius 2 is 2.15 bits per heavy atom. The molecule has 0 aliphatic carbocycles. The maximum absolute atomic E-state index is 12.1. The first-order chi connectivity index (χ1) is 12.9. The Labute approximate surface area is 163 Å². The molecule has 27 heavy (non-hydrogen) atoms. The van der Waals surface area contributed by atoms with E-state index in [9.17, 15) is 19.6 Å². The molecule has 0 spiro atoms. The van der Waals surface area contributed by atoms with Gasteiger partial charge >= 0.3 is 5.97 Å². The summed E-state index contributed by atoms with van der Waals surface area (Å²) in [6, 6.07) is 4.91. The maximum atomic E-state index is 12.1. The number of ether oxygens (including phenoxy) is 1. The average Bonchev–Trinajstić information content (AvgIpc) is 3.08. The number of rotatable bonds is 7. The molecule has 140 valence electrons. The second kappa shape index (κ2) is 9.16. The van der Waals surface area contributed by atoms with Gasteiger partial charge in [0.05, 0.1) is 34.7 Å². The van der Waals surface area contributed by atoms with Crippen molar-refractivity contribution in [3.63, 3.8) is 0 Å². The molecule has 2 aromatic heterocycles. The van der Waals surface area contributed by atoms with Crippen molar-refractivity contribution in [3.05, 3.63) is 39.9 Å². The minimum absolute atomic E-state index is 0.0318. The summed E-state index contributed by atoms with van der Waals surface area (Å²) in [5, 5.41) is 14.3. The molecule has 0 aliphatic heterocycles. The summed E-state index contributed by atoms with van der Waals surface area (Å²) in [6.45, 7) is 3.53. The lowest BCUT2D eigenvalue weighted by Crippen LogP contribution is -2.18. The van der Waals surface area contributed by atoms with Crippen LogP contribution in [0.4, 0.5) is 5.00 Å². The van der Waals surface area contributed by atoms with E-state index >= 15 is 0 Å². The summed E-state index contributed by atoms with van der Waals surface area (Å²) in [5.41, 5.74) is 6.28. The fourth-order valence-electron chi connectivity index (χ4n) is 2.09. The van der Waals surface area contributed by atoms with Crippen LogP contribution in [0.15, 0.2) is 22.5 Å². The van der Waals surface area contributed by atoms with Crippen LogP contribution in [0.1, 0.15) is 38.9 Å². The van der Waals surface area contributed by atoms with E-state index in [1.165, 1.54) is 23.5 Å². The zero-order valence-electron chi connectivity index (χ0n) is 14.6. The van der Waals surface area contributed by atoms with Crippen LogP contribution >= 0.6 is 23.1 Å². The molecule has 0 bridgehead atoms. The molecular weight excluding hydrogens is 388 g/mol. The largest absolute Gasteiger partial charge is 0.462 e. The van der Waals surface area contributed by atoms with Crippen molar-refractivity contribution in [1.29, 1.82) is 5.26 Å². The first-order valence-electron chi connectivity index (χ1n) is 7.76. The number of thiophene rings is 1. The number of hydrogen-bond acceptors (Lipinski definition) is 8. The number of nitriles is 1. The Kier molecular flexibility index (Phi) is 6.92. The molecule has 8 nitrogen and oxygen atoms in total. The molecule has 0 saturated carbocycles. The van der Waals surface area contributed by atoms with Crippen molar-refractivity contribution in [2.24, 2.45) is 5.73 Å². The van der Waals surface area contributed by atoms with Gasteiger partial charge in [-0.1, -0.05) is 11.8 Å². The molecule has 0 atom stereocenters.